The van der Waals surface area contributed by atoms with Gasteiger partial charge in [-0.25, -0.2) is 0 Å². The summed E-state index contributed by atoms with van der Waals surface area (Å²) in [4.78, 5) is 12.5. The topological polar surface area (TPSA) is 41.1 Å². The molecule has 1 unspecified atom stereocenters. The molecule has 0 saturated carbocycles. The summed E-state index contributed by atoms with van der Waals surface area (Å²) in [6.07, 6.45) is 0.842. The zero-order valence-corrected chi connectivity index (χ0v) is 13.8. The van der Waals surface area contributed by atoms with Crippen LogP contribution in [0.4, 0.5) is 5.69 Å². The number of halogens is 1. The first-order chi connectivity index (χ1) is 10.2. The summed E-state index contributed by atoms with van der Waals surface area (Å²) in [7, 11) is 1.82. The number of amides is 1. The van der Waals surface area contributed by atoms with E-state index in [1.165, 1.54) is 0 Å². The Kier molecular flexibility index (Phi) is 5.39. The first kappa shape index (κ1) is 15.6. The Morgan fingerprint density at radius 2 is 1.81 bits per heavy atom. The number of hydrogen-bond donors (Lipinski definition) is 2. The number of carbonyl (C=O) groups is 1. The number of carbonyl (C=O) groups excluding carboxylic acids is 1. The van der Waals surface area contributed by atoms with E-state index in [2.05, 4.69) is 33.5 Å². The van der Waals surface area contributed by atoms with Gasteiger partial charge >= 0.3 is 0 Å². The zero-order valence-electron chi connectivity index (χ0n) is 12.2. The summed E-state index contributed by atoms with van der Waals surface area (Å²) in [5.74, 6) is -0.0604. The molecule has 0 radical (unpaired) electrons. The van der Waals surface area contributed by atoms with Gasteiger partial charge in [0.15, 0.2) is 0 Å². The van der Waals surface area contributed by atoms with Crippen molar-refractivity contribution in [3.05, 3.63) is 64.1 Å². The monoisotopic (exact) mass is 346 g/mol. The van der Waals surface area contributed by atoms with E-state index in [0.717, 1.165) is 22.1 Å². The fourth-order valence-electron chi connectivity index (χ4n) is 2.25. The van der Waals surface area contributed by atoms with Crippen LogP contribution in [0.2, 0.25) is 0 Å². The van der Waals surface area contributed by atoms with E-state index in [1.54, 1.807) is 0 Å². The molecule has 0 heterocycles. The molecule has 2 N–H and O–H groups in total. The number of hydrogen-bond acceptors (Lipinski definition) is 2. The van der Waals surface area contributed by atoms with E-state index in [-0.39, 0.29) is 11.9 Å². The molecule has 0 aromatic heterocycles. The predicted octanol–water partition coefficient (Wildman–Crippen LogP) is 4.37. The minimum Gasteiger partial charge on any atom is -0.387 e. The summed E-state index contributed by atoms with van der Waals surface area (Å²) in [6.45, 7) is 2.07. The molecule has 0 spiro atoms. The molecule has 2 aromatic carbocycles. The summed E-state index contributed by atoms with van der Waals surface area (Å²) in [5, 5.41) is 6.15. The van der Waals surface area contributed by atoms with Crippen LogP contribution < -0.4 is 10.6 Å². The Morgan fingerprint density at radius 3 is 2.43 bits per heavy atom. The van der Waals surface area contributed by atoms with Crippen LogP contribution in [0.5, 0.6) is 0 Å². The lowest BCUT2D eigenvalue weighted by atomic mass is 10.0. The van der Waals surface area contributed by atoms with Crippen molar-refractivity contribution in [1.29, 1.82) is 0 Å². The predicted molar refractivity (Wildman–Crippen MR) is 90.6 cm³/mol. The Labute approximate surface area is 133 Å². The Bertz CT molecular complexity index is 610. The van der Waals surface area contributed by atoms with Gasteiger partial charge in [0.1, 0.15) is 0 Å². The molecule has 0 saturated heterocycles. The van der Waals surface area contributed by atoms with Crippen molar-refractivity contribution in [1.82, 2.24) is 5.32 Å². The van der Waals surface area contributed by atoms with Gasteiger partial charge in [-0.05, 0) is 36.2 Å². The van der Waals surface area contributed by atoms with Crippen molar-refractivity contribution in [2.75, 3.05) is 12.4 Å². The molecule has 0 bridgehead atoms. The fourth-order valence-corrected chi connectivity index (χ4v) is 2.52. The minimum absolute atomic E-state index is 0.00973. The molecule has 110 valence electrons. The lowest BCUT2D eigenvalue weighted by Crippen LogP contribution is -2.28. The third kappa shape index (κ3) is 3.85. The number of anilines is 1. The molecule has 2 rings (SSSR count). The second-order valence-electron chi connectivity index (χ2n) is 4.78. The van der Waals surface area contributed by atoms with Gasteiger partial charge in [-0.15, -0.1) is 0 Å². The molecular formula is C17H19BrN2O. The van der Waals surface area contributed by atoms with E-state index in [0.29, 0.717) is 5.56 Å². The molecule has 2 aromatic rings. The first-order valence-corrected chi connectivity index (χ1v) is 7.78. The molecule has 21 heavy (non-hydrogen) atoms. The molecule has 3 nitrogen and oxygen atoms in total. The van der Waals surface area contributed by atoms with Crippen LogP contribution in [0.15, 0.2) is 53.0 Å². The lowest BCUT2D eigenvalue weighted by molar-refractivity contribution is 0.0936. The normalized spacial score (nSPS) is 11.8. The first-order valence-electron chi connectivity index (χ1n) is 6.98. The van der Waals surface area contributed by atoms with E-state index in [9.17, 15) is 4.79 Å². The highest BCUT2D eigenvalue weighted by Crippen LogP contribution is 2.21. The Balaban J connectivity index is 2.18. The molecule has 0 aliphatic rings. The molecular weight excluding hydrogens is 328 g/mol. The maximum Gasteiger partial charge on any atom is 0.253 e. The summed E-state index contributed by atoms with van der Waals surface area (Å²) < 4.78 is 1.04. The Morgan fingerprint density at radius 1 is 1.14 bits per heavy atom. The van der Waals surface area contributed by atoms with Crippen LogP contribution in [-0.4, -0.2) is 13.0 Å². The van der Waals surface area contributed by atoms with Crippen LogP contribution in [0, 0.1) is 0 Å². The van der Waals surface area contributed by atoms with Crippen LogP contribution in [-0.2, 0) is 0 Å². The smallest absolute Gasteiger partial charge is 0.253 e. The average Bonchev–Trinajstić information content (AvgIpc) is 2.53. The highest BCUT2D eigenvalue weighted by molar-refractivity contribution is 9.10. The maximum atomic E-state index is 12.5. The van der Waals surface area contributed by atoms with E-state index >= 15 is 0 Å². The highest BCUT2D eigenvalue weighted by Gasteiger charge is 2.16. The number of para-hydroxylation sites is 1. The van der Waals surface area contributed by atoms with Gasteiger partial charge in [-0.3, -0.25) is 4.79 Å². The number of benzene rings is 2. The summed E-state index contributed by atoms with van der Waals surface area (Å²) >= 11 is 3.43. The van der Waals surface area contributed by atoms with Crippen LogP contribution in [0.1, 0.15) is 35.3 Å². The third-order valence-corrected chi connectivity index (χ3v) is 3.96. The maximum absolute atomic E-state index is 12.5. The van der Waals surface area contributed by atoms with Gasteiger partial charge in [-0.1, -0.05) is 47.1 Å². The quantitative estimate of drug-likeness (QED) is 0.843. The van der Waals surface area contributed by atoms with Gasteiger partial charge in [0, 0.05) is 17.2 Å². The minimum atomic E-state index is -0.0604. The SMILES string of the molecule is CCC(NC(=O)c1ccccc1NC)c1ccc(Br)cc1. The third-order valence-electron chi connectivity index (χ3n) is 3.43. The van der Waals surface area contributed by atoms with Gasteiger partial charge in [0.2, 0.25) is 0 Å². The van der Waals surface area contributed by atoms with Gasteiger partial charge in [0.25, 0.3) is 5.91 Å². The second kappa shape index (κ2) is 7.27. The summed E-state index contributed by atoms with van der Waals surface area (Å²) in [6, 6.07) is 15.6. The van der Waals surface area contributed by atoms with Crippen molar-refractivity contribution in [2.45, 2.75) is 19.4 Å². The average molecular weight is 347 g/mol. The van der Waals surface area contributed by atoms with Crippen LogP contribution in [0.3, 0.4) is 0 Å². The standard InChI is InChI=1S/C17H19BrN2O/c1-3-15(12-8-10-13(18)11-9-12)20-17(21)14-6-4-5-7-16(14)19-2/h4-11,15,19H,3H2,1-2H3,(H,20,21). The van der Waals surface area contributed by atoms with E-state index in [4.69, 9.17) is 0 Å². The number of nitrogens with one attached hydrogen (secondary N) is 2. The van der Waals surface area contributed by atoms with Crippen molar-refractivity contribution in [3.63, 3.8) is 0 Å². The number of rotatable bonds is 5. The van der Waals surface area contributed by atoms with E-state index in [1.807, 2.05) is 55.6 Å². The van der Waals surface area contributed by atoms with Gasteiger partial charge in [0.05, 0.1) is 11.6 Å². The highest BCUT2D eigenvalue weighted by atomic mass is 79.9. The molecule has 0 fully saturated rings. The molecule has 1 atom stereocenters. The summed E-state index contributed by atoms with van der Waals surface area (Å²) in [5.41, 5.74) is 2.60. The van der Waals surface area contributed by atoms with Crippen molar-refractivity contribution in [3.8, 4) is 0 Å². The van der Waals surface area contributed by atoms with Crippen LogP contribution >= 0.6 is 15.9 Å². The van der Waals surface area contributed by atoms with Crippen molar-refractivity contribution < 1.29 is 4.79 Å². The van der Waals surface area contributed by atoms with E-state index < -0.39 is 0 Å². The largest absolute Gasteiger partial charge is 0.387 e. The van der Waals surface area contributed by atoms with Gasteiger partial charge in [-0.2, -0.15) is 0 Å². The molecule has 0 aliphatic carbocycles. The van der Waals surface area contributed by atoms with Gasteiger partial charge < -0.3 is 10.6 Å². The fraction of sp³-hybridized carbons (Fsp3) is 0.235. The van der Waals surface area contributed by atoms with Crippen molar-refractivity contribution in [2.24, 2.45) is 0 Å². The van der Waals surface area contributed by atoms with Crippen molar-refractivity contribution >= 4 is 27.5 Å². The van der Waals surface area contributed by atoms with Crippen LogP contribution in [0.25, 0.3) is 0 Å². The molecule has 4 heteroatoms. The Hall–Kier alpha value is -1.81. The molecule has 1 amide bonds. The lowest BCUT2D eigenvalue weighted by Gasteiger charge is -2.18. The second-order valence-corrected chi connectivity index (χ2v) is 5.70. The molecule has 0 aliphatic heterocycles. The zero-order chi connectivity index (χ0) is 15.2.